The second-order valence-corrected chi connectivity index (χ2v) is 7.41. The van der Waals surface area contributed by atoms with Crippen molar-refractivity contribution in [3.8, 4) is 0 Å². The average molecular weight is 350 g/mol. The first-order chi connectivity index (χ1) is 10.4. The molecule has 0 bridgehead atoms. The number of carbonyl (C=O) groups excluding carboxylic acids is 1. The van der Waals surface area contributed by atoms with Crippen molar-refractivity contribution < 1.29 is 19.4 Å². The van der Waals surface area contributed by atoms with Gasteiger partial charge < -0.3 is 14.7 Å². The smallest absolute Gasteiger partial charge is 0.305 e. The molecule has 128 valence electrons. The van der Waals surface area contributed by atoms with Crippen molar-refractivity contribution in [3.05, 3.63) is 10.6 Å². The van der Waals surface area contributed by atoms with Gasteiger partial charge in [0.15, 0.2) is 0 Å². The van der Waals surface area contributed by atoms with Crippen LogP contribution in [-0.4, -0.2) is 47.9 Å². The van der Waals surface area contributed by atoms with Crippen molar-refractivity contribution in [3.63, 3.8) is 0 Å². The minimum absolute atomic E-state index is 0.00362. The van der Waals surface area contributed by atoms with E-state index in [2.05, 4.69) is 25.7 Å². The maximum absolute atomic E-state index is 11.5. The molecule has 22 heavy (non-hydrogen) atoms. The number of carboxylic acid groups (broad SMARTS) is 1. The van der Waals surface area contributed by atoms with E-state index in [0.29, 0.717) is 19.4 Å². The number of aliphatic carboxylic acids is 1. The van der Waals surface area contributed by atoms with E-state index in [1.165, 1.54) is 10.6 Å². The molecule has 0 amide bonds. The van der Waals surface area contributed by atoms with E-state index in [-0.39, 0.29) is 18.8 Å². The Morgan fingerprint density at radius 1 is 1.18 bits per heavy atom. The fourth-order valence-electron chi connectivity index (χ4n) is 1.58. The van der Waals surface area contributed by atoms with E-state index < -0.39 is 5.97 Å². The van der Waals surface area contributed by atoms with Crippen LogP contribution in [0.25, 0.3) is 0 Å². The summed E-state index contributed by atoms with van der Waals surface area (Å²) >= 11 is 0. The summed E-state index contributed by atoms with van der Waals surface area (Å²) in [5.74, 6) is -0.189. The lowest BCUT2D eigenvalue weighted by atomic mass is 10.2. The molecule has 0 aromatic heterocycles. The lowest BCUT2D eigenvalue weighted by molar-refractivity contribution is -0.143. The second-order valence-electron chi connectivity index (χ2n) is 4.73. The van der Waals surface area contributed by atoms with Crippen LogP contribution in [0.5, 0.6) is 0 Å². The predicted molar refractivity (Wildman–Crippen MR) is 93.8 cm³/mol. The first kappa shape index (κ1) is 21.2. The predicted octanol–water partition coefficient (Wildman–Crippen LogP) is 3.76. The standard InChI is InChI=1S/C15H27NO4S2/c1-5-16(4)12(3)13(22-21-6-2)10-11-20-15(19)9-7-8-14(17)18/h5-11H2,1-4H3,(H,17,18)/b13-12-. The first-order valence-corrected chi connectivity index (χ1v) is 9.81. The molecule has 0 aromatic carbocycles. The van der Waals surface area contributed by atoms with Crippen LogP contribution in [-0.2, 0) is 14.3 Å². The van der Waals surface area contributed by atoms with Gasteiger partial charge in [0.25, 0.3) is 0 Å². The van der Waals surface area contributed by atoms with Gasteiger partial charge in [-0.25, -0.2) is 0 Å². The summed E-state index contributed by atoms with van der Waals surface area (Å²) in [5.41, 5.74) is 1.20. The number of carboxylic acids is 1. The van der Waals surface area contributed by atoms with Crippen LogP contribution in [0.2, 0.25) is 0 Å². The minimum Gasteiger partial charge on any atom is -0.481 e. The van der Waals surface area contributed by atoms with Gasteiger partial charge in [-0.1, -0.05) is 28.5 Å². The number of allylic oxidation sites excluding steroid dienone is 1. The number of hydrogen-bond donors (Lipinski definition) is 1. The largest absolute Gasteiger partial charge is 0.481 e. The van der Waals surface area contributed by atoms with Crippen molar-refractivity contribution in [2.75, 3.05) is 26.0 Å². The third-order valence-corrected chi connectivity index (χ3v) is 5.81. The van der Waals surface area contributed by atoms with Crippen molar-refractivity contribution in [1.82, 2.24) is 4.90 Å². The molecule has 1 N–H and O–H groups in total. The van der Waals surface area contributed by atoms with Gasteiger partial charge >= 0.3 is 11.9 Å². The number of ether oxygens (including phenoxy) is 1. The van der Waals surface area contributed by atoms with Crippen LogP contribution in [0, 0.1) is 0 Å². The van der Waals surface area contributed by atoms with Gasteiger partial charge in [-0.15, -0.1) is 0 Å². The summed E-state index contributed by atoms with van der Waals surface area (Å²) in [7, 11) is 5.55. The summed E-state index contributed by atoms with van der Waals surface area (Å²) in [6.07, 6.45) is 1.19. The fraction of sp³-hybridized carbons (Fsp3) is 0.733. The van der Waals surface area contributed by atoms with Gasteiger partial charge in [0, 0.05) is 49.2 Å². The maximum atomic E-state index is 11.5. The maximum Gasteiger partial charge on any atom is 0.305 e. The Kier molecular flexibility index (Phi) is 12.2. The van der Waals surface area contributed by atoms with Gasteiger partial charge in [-0.3, -0.25) is 9.59 Å². The Hall–Kier alpha value is -0.820. The third-order valence-electron chi connectivity index (χ3n) is 3.09. The molecule has 0 radical (unpaired) electrons. The molecule has 0 atom stereocenters. The highest BCUT2D eigenvalue weighted by molar-refractivity contribution is 8.78. The van der Waals surface area contributed by atoms with Crippen LogP contribution in [0.4, 0.5) is 0 Å². The fourth-order valence-corrected chi connectivity index (χ4v) is 3.67. The Morgan fingerprint density at radius 3 is 2.41 bits per heavy atom. The normalized spacial score (nSPS) is 11.8. The Balaban J connectivity index is 4.28. The van der Waals surface area contributed by atoms with E-state index in [1.54, 1.807) is 21.6 Å². The highest BCUT2D eigenvalue weighted by Gasteiger charge is 2.10. The lowest BCUT2D eigenvalue weighted by Crippen LogP contribution is -2.16. The highest BCUT2D eigenvalue weighted by Crippen LogP contribution is 2.34. The monoisotopic (exact) mass is 349 g/mol. The topological polar surface area (TPSA) is 66.8 Å². The van der Waals surface area contributed by atoms with Crippen LogP contribution in [0.3, 0.4) is 0 Å². The summed E-state index contributed by atoms with van der Waals surface area (Å²) in [6.45, 7) is 7.56. The van der Waals surface area contributed by atoms with E-state index in [0.717, 1.165) is 12.3 Å². The molecule has 0 fully saturated rings. The van der Waals surface area contributed by atoms with Gasteiger partial charge in [0.05, 0.1) is 6.61 Å². The molecule has 0 rings (SSSR count). The molecule has 0 aliphatic rings. The van der Waals surface area contributed by atoms with E-state index in [1.807, 2.05) is 7.05 Å². The molecule has 0 aliphatic carbocycles. The number of nitrogens with zero attached hydrogens (tertiary/aromatic N) is 1. The molecule has 0 aromatic rings. The van der Waals surface area contributed by atoms with Crippen LogP contribution in [0.1, 0.15) is 46.5 Å². The summed E-state index contributed by atoms with van der Waals surface area (Å²) in [4.78, 5) is 25.3. The van der Waals surface area contributed by atoms with Crippen molar-refractivity contribution >= 4 is 33.5 Å². The minimum atomic E-state index is -0.885. The Bertz CT molecular complexity index is 386. The molecule has 0 saturated carbocycles. The lowest BCUT2D eigenvalue weighted by Gasteiger charge is -2.21. The SMILES string of the molecule is CCSS/C(CCOC(=O)CCCC(=O)O)=C(/C)N(C)CC. The first-order valence-electron chi connectivity index (χ1n) is 7.50. The number of carbonyl (C=O) groups is 2. The molecule has 5 nitrogen and oxygen atoms in total. The number of esters is 1. The molecule has 0 unspecified atom stereocenters. The highest BCUT2D eigenvalue weighted by atomic mass is 33.1. The van der Waals surface area contributed by atoms with Crippen molar-refractivity contribution in [2.45, 2.75) is 46.5 Å². The van der Waals surface area contributed by atoms with Crippen LogP contribution < -0.4 is 0 Å². The summed E-state index contributed by atoms with van der Waals surface area (Å²) in [6, 6.07) is 0. The van der Waals surface area contributed by atoms with E-state index in [4.69, 9.17) is 9.84 Å². The van der Waals surface area contributed by atoms with Crippen molar-refractivity contribution in [2.24, 2.45) is 0 Å². The Morgan fingerprint density at radius 2 is 1.86 bits per heavy atom. The van der Waals surface area contributed by atoms with Gasteiger partial charge in [0.1, 0.15) is 0 Å². The zero-order chi connectivity index (χ0) is 17.0. The zero-order valence-corrected chi connectivity index (χ0v) is 15.5. The van der Waals surface area contributed by atoms with Gasteiger partial charge in [-0.2, -0.15) is 0 Å². The molecular formula is C15H27NO4S2. The van der Waals surface area contributed by atoms with Crippen LogP contribution >= 0.6 is 21.6 Å². The molecular weight excluding hydrogens is 322 g/mol. The second kappa shape index (κ2) is 12.7. The van der Waals surface area contributed by atoms with Gasteiger partial charge in [0.2, 0.25) is 0 Å². The number of hydrogen-bond acceptors (Lipinski definition) is 6. The molecule has 0 aliphatic heterocycles. The Labute approximate surface area is 141 Å². The molecule has 7 heteroatoms. The van der Waals surface area contributed by atoms with E-state index >= 15 is 0 Å². The van der Waals surface area contributed by atoms with Gasteiger partial charge in [-0.05, 0) is 20.3 Å². The molecule has 0 spiro atoms. The zero-order valence-electron chi connectivity index (χ0n) is 13.9. The van der Waals surface area contributed by atoms with Crippen LogP contribution in [0.15, 0.2) is 10.6 Å². The number of rotatable bonds is 12. The third kappa shape index (κ3) is 10.00. The van der Waals surface area contributed by atoms with Crippen molar-refractivity contribution in [1.29, 1.82) is 0 Å². The summed E-state index contributed by atoms with van der Waals surface area (Å²) in [5, 5.41) is 8.53. The summed E-state index contributed by atoms with van der Waals surface area (Å²) < 4.78 is 5.19. The molecule has 0 saturated heterocycles. The quantitative estimate of drug-likeness (QED) is 0.425. The molecule has 0 heterocycles. The average Bonchev–Trinajstić information content (AvgIpc) is 2.48. The van der Waals surface area contributed by atoms with E-state index in [9.17, 15) is 9.59 Å².